The first-order valence-electron chi connectivity index (χ1n) is 14.3. The van der Waals surface area contributed by atoms with Gasteiger partial charge >= 0.3 is 12.2 Å². The average Bonchev–Trinajstić information content (AvgIpc) is 3.69. The molecule has 0 radical (unpaired) electrons. The molecule has 4 unspecified atom stereocenters. The van der Waals surface area contributed by atoms with Crippen LogP contribution in [0.5, 0.6) is 0 Å². The minimum absolute atomic E-state index is 0.143. The van der Waals surface area contributed by atoms with E-state index < -0.39 is 11.7 Å². The molecule has 1 aromatic carbocycles. The molecule has 0 spiro atoms. The lowest BCUT2D eigenvalue weighted by atomic mass is 10.0. The summed E-state index contributed by atoms with van der Waals surface area (Å²) in [4.78, 5) is 32.1. The van der Waals surface area contributed by atoms with E-state index in [4.69, 9.17) is 4.74 Å². The van der Waals surface area contributed by atoms with Crippen LogP contribution in [0.4, 0.5) is 29.3 Å². The molecule has 12 heteroatoms. The number of ether oxygens (including phenoxy) is 1. The summed E-state index contributed by atoms with van der Waals surface area (Å²) < 4.78 is 49.6. The molecule has 0 N–H and O–H groups in total. The predicted octanol–water partition coefficient (Wildman–Crippen LogP) is 4.06. The number of hydrogen-bond donors (Lipinski definition) is 0. The minimum Gasteiger partial charge on any atom is -0.377 e. The van der Waals surface area contributed by atoms with Crippen molar-refractivity contribution >= 4 is 23.3 Å². The highest BCUT2D eigenvalue weighted by molar-refractivity contribution is 5.91. The number of fused-ring (bicyclic) bond motifs is 3. The molecule has 1 aromatic heterocycles. The zero-order valence-corrected chi connectivity index (χ0v) is 23.7. The van der Waals surface area contributed by atoms with E-state index in [2.05, 4.69) is 10.00 Å². The van der Waals surface area contributed by atoms with E-state index in [9.17, 15) is 22.8 Å². The Balaban J connectivity index is 1.09. The van der Waals surface area contributed by atoms with Crippen LogP contribution in [0, 0.1) is 11.8 Å². The molecule has 1 saturated carbocycles. The standard InChI is InChI=1S/C29H37F3N6O3/c1-18(39)35(3)26-11-33-37(15-26)28(40)36-13-20-8-25(9-21(20)14-36)34(2)12-19-4-5-22(10-27(19)29(30,31)32)38-23-6-7-24(38)17-41-16-23/h4-5,10-11,15,20-21,23-25H,6-9,12-14,16-17H2,1-3H3/t20-,21?,23?,24?,25?/m1/s1. The molecule has 2 bridgehead atoms. The van der Waals surface area contributed by atoms with Crippen LogP contribution in [0.25, 0.3) is 0 Å². The third kappa shape index (κ3) is 5.31. The van der Waals surface area contributed by atoms with Gasteiger partial charge in [0, 0.05) is 45.3 Å². The first-order chi connectivity index (χ1) is 19.5. The van der Waals surface area contributed by atoms with Gasteiger partial charge in [0.25, 0.3) is 0 Å². The summed E-state index contributed by atoms with van der Waals surface area (Å²) >= 11 is 0. The van der Waals surface area contributed by atoms with Crippen LogP contribution >= 0.6 is 0 Å². The Labute approximate surface area is 237 Å². The van der Waals surface area contributed by atoms with Gasteiger partial charge in [-0.1, -0.05) is 6.07 Å². The normalized spacial score (nSPS) is 27.5. The number of anilines is 2. The van der Waals surface area contributed by atoms with Gasteiger partial charge in [-0.15, -0.1) is 0 Å². The van der Waals surface area contributed by atoms with Gasteiger partial charge in [-0.25, -0.2) is 4.79 Å². The lowest BCUT2D eigenvalue weighted by Crippen LogP contribution is -2.46. The van der Waals surface area contributed by atoms with E-state index in [-0.39, 0.29) is 36.6 Å². The Hall–Kier alpha value is -3.12. The van der Waals surface area contributed by atoms with Gasteiger partial charge in [0.1, 0.15) is 0 Å². The van der Waals surface area contributed by atoms with Gasteiger partial charge in [0.2, 0.25) is 5.91 Å². The first-order valence-corrected chi connectivity index (χ1v) is 14.3. The number of rotatable bonds is 5. The third-order valence-electron chi connectivity index (χ3n) is 9.60. The molecule has 4 heterocycles. The summed E-state index contributed by atoms with van der Waals surface area (Å²) in [5.41, 5.74) is 0.923. The summed E-state index contributed by atoms with van der Waals surface area (Å²) in [7, 11) is 3.53. The second-order valence-corrected chi connectivity index (χ2v) is 12.1. The fourth-order valence-electron chi connectivity index (χ4n) is 7.28. The highest BCUT2D eigenvalue weighted by atomic mass is 19.4. The van der Waals surface area contributed by atoms with Gasteiger partial charge in [0.05, 0.1) is 48.9 Å². The Morgan fingerprint density at radius 2 is 1.73 bits per heavy atom. The molecule has 5 atom stereocenters. The smallest absolute Gasteiger partial charge is 0.377 e. The molecule has 2 amide bonds. The Kier molecular flexibility index (Phi) is 7.25. The molecular formula is C29H37F3N6O3. The lowest BCUT2D eigenvalue weighted by molar-refractivity contribution is -0.138. The number of carbonyl (C=O) groups excluding carboxylic acids is 2. The monoisotopic (exact) mass is 574 g/mol. The van der Waals surface area contributed by atoms with Crippen molar-refractivity contribution in [2.24, 2.45) is 11.8 Å². The van der Waals surface area contributed by atoms with Crippen LogP contribution in [-0.4, -0.2) is 90.0 Å². The molecule has 3 aliphatic heterocycles. The summed E-state index contributed by atoms with van der Waals surface area (Å²) in [5, 5.41) is 4.15. The predicted molar refractivity (Wildman–Crippen MR) is 147 cm³/mol. The zero-order valence-electron chi connectivity index (χ0n) is 23.7. The molecule has 2 aromatic rings. The average molecular weight is 575 g/mol. The second kappa shape index (κ2) is 10.6. The van der Waals surface area contributed by atoms with Crippen molar-refractivity contribution in [2.45, 2.75) is 63.5 Å². The van der Waals surface area contributed by atoms with Gasteiger partial charge in [-0.2, -0.15) is 23.0 Å². The molecule has 4 fully saturated rings. The van der Waals surface area contributed by atoms with Crippen LogP contribution in [0.15, 0.2) is 30.6 Å². The van der Waals surface area contributed by atoms with Crippen molar-refractivity contribution in [1.29, 1.82) is 0 Å². The maximum atomic E-state index is 14.2. The topological polar surface area (TPSA) is 74.2 Å². The minimum atomic E-state index is -4.43. The van der Waals surface area contributed by atoms with Crippen molar-refractivity contribution < 1.29 is 27.5 Å². The van der Waals surface area contributed by atoms with E-state index in [1.165, 1.54) is 28.8 Å². The van der Waals surface area contributed by atoms with Crippen molar-refractivity contribution in [3.8, 4) is 0 Å². The molecule has 41 heavy (non-hydrogen) atoms. The maximum absolute atomic E-state index is 14.2. The highest BCUT2D eigenvalue weighted by Gasteiger charge is 2.45. The van der Waals surface area contributed by atoms with E-state index in [1.54, 1.807) is 24.2 Å². The molecule has 1 aliphatic carbocycles. The maximum Gasteiger partial charge on any atom is 0.416 e. The lowest BCUT2D eigenvalue weighted by Gasteiger charge is -2.37. The van der Waals surface area contributed by atoms with E-state index in [0.717, 1.165) is 25.7 Å². The summed E-state index contributed by atoms with van der Waals surface area (Å²) in [5.74, 6) is 0.440. The number of carbonyl (C=O) groups is 2. The number of halogens is 3. The van der Waals surface area contributed by atoms with Gasteiger partial charge < -0.3 is 19.4 Å². The number of morpholine rings is 1. The number of aromatic nitrogens is 2. The summed E-state index contributed by atoms with van der Waals surface area (Å²) in [6.07, 6.45) is 2.18. The van der Waals surface area contributed by atoms with Crippen LogP contribution < -0.4 is 9.80 Å². The van der Waals surface area contributed by atoms with Crippen LogP contribution in [0.3, 0.4) is 0 Å². The number of nitrogens with zero attached hydrogens (tertiary/aromatic N) is 6. The fourth-order valence-corrected chi connectivity index (χ4v) is 7.28. The van der Waals surface area contributed by atoms with E-state index in [0.29, 0.717) is 55.1 Å². The largest absolute Gasteiger partial charge is 0.416 e. The second-order valence-electron chi connectivity index (χ2n) is 12.1. The molecule has 222 valence electrons. The Morgan fingerprint density at radius 3 is 2.34 bits per heavy atom. The number of amides is 2. The van der Waals surface area contributed by atoms with Crippen molar-refractivity contribution in [1.82, 2.24) is 19.6 Å². The molecule has 9 nitrogen and oxygen atoms in total. The van der Waals surface area contributed by atoms with Crippen molar-refractivity contribution in [3.63, 3.8) is 0 Å². The summed E-state index contributed by atoms with van der Waals surface area (Å²) in [6, 6.07) is 5.05. The van der Waals surface area contributed by atoms with Gasteiger partial charge in [0.15, 0.2) is 0 Å². The molecular weight excluding hydrogens is 537 g/mol. The summed E-state index contributed by atoms with van der Waals surface area (Å²) in [6.45, 7) is 3.98. The van der Waals surface area contributed by atoms with Crippen LogP contribution in [0.2, 0.25) is 0 Å². The molecule has 6 rings (SSSR count). The zero-order chi connectivity index (χ0) is 29.1. The van der Waals surface area contributed by atoms with E-state index >= 15 is 0 Å². The van der Waals surface area contributed by atoms with Crippen molar-refractivity contribution in [3.05, 3.63) is 41.7 Å². The fraction of sp³-hybridized carbons (Fsp3) is 0.621. The van der Waals surface area contributed by atoms with Crippen LogP contribution in [-0.2, 0) is 22.3 Å². The van der Waals surface area contributed by atoms with Gasteiger partial charge in [-0.05, 0) is 62.3 Å². The van der Waals surface area contributed by atoms with Gasteiger partial charge in [-0.3, -0.25) is 9.69 Å². The van der Waals surface area contributed by atoms with Crippen LogP contribution in [0.1, 0.15) is 43.7 Å². The SMILES string of the molecule is CC(=O)N(C)c1cnn(C(=O)N2CC3CC(N(C)Cc4ccc(N5C6CCC5COC6)cc4C(F)(F)F)C[C@@H]3C2)c1. The number of hydrogen-bond acceptors (Lipinski definition) is 6. The quantitative estimate of drug-likeness (QED) is 0.537. The van der Waals surface area contributed by atoms with E-state index in [1.807, 2.05) is 18.0 Å². The molecule has 3 saturated heterocycles. The highest BCUT2D eigenvalue weighted by Crippen LogP contribution is 2.42. The van der Waals surface area contributed by atoms with Crippen molar-refractivity contribution in [2.75, 3.05) is 50.2 Å². The number of alkyl halides is 3. The Morgan fingerprint density at radius 1 is 1.07 bits per heavy atom. The Bertz CT molecular complexity index is 1280. The number of likely N-dealkylation sites (tertiary alicyclic amines) is 1. The number of benzene rings is 1. The molecule has 4 aliphatic rings. The third-order valence-corrected chi connectivity index (χ3v) is 9.60. The first kappa shape index (κ1) is 28.0.